The smallest absolute Gasteiger partial charge is 0.248 e. The van der Waals surface area contributed by atoms with Gasteiger partial charge < -0.3 is 11.1 Å². The Balaban J connectivity index is 2.46. The fourth-order valence-corrected chi connectivity index (χ4v) is 2.10. The summed E-state index contributed by atoms with van der Waals surface area (Å²) in [7, 11) is 0. The molecule has 0 aliphatic rings. The summed E-state index contributed by atoms with van der Waals surface area (Å²) in [5.41, 5.74) is 7.94. The highest BCUT2D eigenvalue weighted by molar-refractivity contribution is 7.98. The maximum atomic E-state index is 11.0. The number of primary amides is 1. The topological polar surface area (TPSA) is 55.1 Å². The molecule has 0 aliphatic carbocycles. The number of anilines is 1. The van der Waals surface area contributed by atoms with E-state index in [0.717, 1.165) is 24.2 Å². The van der Waals surface area contributed by atoms with Crippen LogP contribution in [-0.4, -0.2) is 24.5 Å². The summed E-state index contributed by atoms with van der Waals surface area (Å²) in [4.78, 5) is 11.0. The number of thioether (sulfide) groups is 1. The lowest BCUT2D eigenvalue weighted by Gasteiger charge is -2.10. The Morgan fingerprint density at radius 3 is 2.76 bits per heavy atom. The Hall–Kier alpha value is -1.16. The summed E-state index contributed by atoms with van der Waals surface area (Å²) < 4.78 is 0. The van der Waals surface area contributed by atoms with Gasteiger partial charge in [-0.3, -0.25) is 4.79 Å². The lowest BCUT2D eigenvalue weighted by atomic mass is 10.1. The van der Waals surface area contributed by atoms with Gasteiger partial charge in [0.25, 0.3) is 0 Å². The molecule has 4 heteroatoms. The Kier molecular flexibility index (Phi) is 5.91. The van der Waals surface area contributed by atoms with Crippen molar-refractivity contribution in [2.75, 3.05) is 23.9 Å². The molecule has 0 fully saturated rings. The molecule has 3 N–H and O–H groups in total. The fourth-order valence-electron chi connectivity index (χ4n) is 1.61. The van der Waals surface area contributed by atoms with Crippen molar-refractivity contribution >= 4 is 23.4 Å². The molecule has 0 saturated heterocycles. The highest BCUT2D eigenvalue weighted by atomic mass is 32.2. The third kappa shape index (κ3) is 4.69. The van der Waals surface area contributed by atoms with Crippen LogP contribution in [0.15, 0.2) is 18.2 Å². The van der Waals surface area contributed by atoms with Crippen LogP contribution >= 0.6 is 11.8 Å². The lowest BCUT2D eigenvalue weighted by molar-refractivity contribution is 0.1000. The molecule has 1 aromatic rings. The molecule has 0 radical (unpaired) electrons. The summed E-state index contributed by atoms with van der Waals surface area (Å²) in [5, 5.41) is 3.38. The Morgan fingerprint density at radius 1 is 1.41 bits per heavy atom. The van der Waals surface area contributed by atoms with Crippen LogP contribution in [0.1, 0.15) is 28.8 Å². The molecule has 1 amide bonds. The zero-order chi connectivity index (χ0) is 12.7. The van der Waals surface area contributed by atoms with Crippen molar-refractivity contribution in [3.8, 4) is 0 Å². The van der Waals surface area contributed by atoms with Gasteiger partial charge in [-0.05, 0) is 55.5 Å². The van der Waals surface area contributed by atoms with Gasteiger partial charge in [-0.15, -0.1) is 0 Å². The second kappa shape index (κ2) is 7.22. The SMILES string of the molecule is CSCCCCNc1ccc(C(N)=O)cc1C. The van der Waals surface area contributed by atoms with E-state index >= 15 is 0 Å². The number of amides is 1. The van der Waals surface area contributed by atoms with Gasteiger partial charge in [-0.1, -0.05) is 0 Å². The van der Waals surface area contributed by atoms with Gasteiger partial charge in [0.15, 0.2) is 0 Å². The predicted molar refractivity (Wildman–Crippen MR) is 75.8 cm³/mol. The quantitative estimate of drug-likeness (QED) is 0.734. The van der Waals surface area contributed by atoms with Crippen molar-refractivity contribution in [1.29, 1.82) is 0 Å². The molecule has 94 valence electrons. The number of hydrogen-bond acceptors (Lipinski definition) is 3. The van der Waals surface area contributed by atoms with Crippen LogP contribution in [-0.2, 0) is 0 Å². The van der Waals surface area contributed by atoms with E-state index in [1.54, 1.807) is 6.07 Å². The molecular formula is C13H20N2OS. The average Bonchev–Trinajstić information content (AvgIpc) is 2.30. The first-order chi connectivity index (χ1) is 8.15. The third-order valence-corrected chi connectivity index (χ3v) is 3.30. The van der Waals surface area contributed by atoms with Gasteiger partial charge in [0, 0.05) is 17.8 Å². The summed E-state index contributed by atoms with van der Waals surface area (Å²) in [6, 6.07) is 5.51. The molecule has 3 nitrogen and oxygen atoms in total. The van der Waals surface area contributed by atoms with Gasteiger partial charge in [-0.2, -0.15) is 11.8 Å². The molecule has 0 saturated carbocycles. The maximum absolute atomic E-state index is 11.0. The molecule has 0 atom stereocenters. The van der Waals surface area contributed by atoms with E-state index in [-0.39, 0.29) is 5.91 Å². The average molecular weight is 252 g/mol. The van der Waals surface area contributed by atoms with Gasteiger partial charge in [-0.25, -0.2) is 0 Å². The number of rotatable bonds is 7. The second-order valence-electron chi connectivity index (χ2n) is 4.02. The van der Waals surface area contributed by atoms with E-state index in [4.69, 9.17) is 5.73 Å². The van der Waals surface area contributed by atoms with Gasteiger partial charge in [0.2, 0.25) is 5.91 Å². The molecule has 0 aromatic heterocycles. The van der Waals surface area contributed by atoms with E-state index in [0.29, 0.717) is 5.56 Å². The maximum Gasteiger partial charge on any atom is 0.248 e. The first kappa shape index (κ1) is 13.9. The van der Waals surface area contributed by atoms with Crippen LogP contribution < -0.4 is 11.1 Å². The number of nitrogens with two attached hydrogens (primary N) is 1. The molecule has 0 unspecified atom stereocenters. The molecular weight excluding hydrogens is 232 g/mol. The lowest BCUT2D eigenvalue weighted by Crippen LogP contribution is -2.11. The normalized spacial score (nSPS) is 10.2. The van der Waals surface area contributed by atoms with E-state index < -0.39 is 0 Å². The number of unbranched alkanes of at least 4 members (excludes halogenated alkanes) is 1. The number of carbonyl (C=O) groups is 1. The Labute approximate surface area is 107 Å². The minimum absolute atomic E-state index is 0.375. The first-order valence-corrected chi connectivity index (χ1v) is 7.18. The number of aryl methyl sites for hydroxylation is 1. The molecule has 1 rings (SSSR count). The molecule has 1 aromatic carbocycles. The molecule has 0 spiro atoms. The van der Waals surface area contributed by atoms with Crippen LogP contribution in [0, 0.1) is 6.92 Å². The zero-order valence-electron chi connectivity index (χ0n) is 10.5. The zero-order valence-corrected chi connectivity index (χ0v) is 11.3. The fraction of sp³-hybridized carbons (Fsp3) is 0.462. The van der Waals surface area contributed by atoms with Crippen LogP contribution in [0.2, 0.25) is 0 Å². The standard InChI is InChI=1S/C13H20N2OS/c1-10-9-11(13(14)16)5-6-12(10)15-7-3-4-8-17-2/h5-6,9,15H,3-4,7-8H2,1-2H3,(H2,14,16). The van der Waals surface area contributed by atoms with Crippen molar-refractivity contribution < 1.29 is 4.79 Å². The van der Waals surface area contributed by atoms with E-state index in [1.165, 1.54) is 12.2 Å². The van der Waals surface area contributed by atoms with Gasteiger partial charge in [0.05, 0.1) is 0 Å². The summed E-state index contributed by atoms with van der Waals surface area (Å²) >= 11 is 1.88. The van der Waals surface area contributed by atoms with Crippen molar-refractivity contribution in [2.45, 2.75) is 19.8 Å². The Bertz CT molecular complexity index is 380. The summed E-state index contributed by atoms with van der Waals surface area (Å²) in [6.45, 7) is 2.95. The van der Waals surface area contributed by atoms with Crippen LogP contribution in [0.4, 0.5) is 5.69 Å². The minimum atomic E-state index is -0.375. The van der Waals surface area contributed by atoms with E-state index in [2.05, 4.69) is 11.6 Å². The number of benzene rings is 1. The van der Waals surface area contributed by atoms with Crippen molar-refractivity contribution in [3.05, 3.63) is 29.3 Å². The highest BCUT2D eigenvalue weighted by Gasteiger charge is 2.03. The number of nitrogens with one attached hydrogen (secondary N) is 1. The molecule has 0 bridgehead atoms. The van der Waals surface area contributed by atoms with Crippen molar-refractivity contribution in [1.82, 2.24) is 0 Å². The van der Waals surface area contributed by atoms with E-state index in [1.807, 2.05) is 30.8 Å². The van der Waals surface area contributed by atoms with Crippen LogP contribution in [0.3, 0.4) is 0 Å². The summed E-state index contributed by atoms with van der Waals surface area (Å²) in [6.07, 6.45) is 4.52. The number of carbonyl (C=O) groups excluding carboxylic acids is 1. The van der Waals surface area contributed by atoms with Crippen molar-refractivity contribution in [3.63, 3.8) is 0 Å². The Morgan fingerprint density at radius 2 is 2.18 bits per heavy atom. The van der Waals surface area contributed by atoms with Gasteiger partial charge in [0.1, 0.15) is 0 Å². The minimum Gasteiger partial charge on any atom is -0.385 e. The monoisotopic (exact) mass is 252 g/mol. The van der Waals surface area contributed by atoms with E-state index in [9.17, 15) is 4.79 Å². The van der Waals surface area contributed by atoms with Crippen molar-refractivity contribution in [2.24, 2.45) is 5.73 Å². The van der Waals surface area contributed by atoms with Crippen LogP contribution in [0.25, 0.3) is 0 Å². The third-order valence-electron chi connectivity index (χ3n) is 2.60. The molecule has 0 aliphatic heterocycles. The van der Waals surface area contributed by atoms with Crippen LogP contribution in [0.5, 0.6) is 0 Å². The predicted octanol–water partition coefficient (Wildman–Crippen LogP) is 2.65. The largest absolute Gasteiger partial charge is 0.385 e. The number of hydrogen-bond donors (Lipinski definition) is 2. The summed E-state index contributed by atoms with van der Waals surface area (Å²) in [5.74, 6) is 0.834. The molecule has 17 heavy (non-hydrogen) atoms. The second-order valence-corrected chi connectivity index (χ2v) is 5.01. The van der Waals surface area contributed by atoms with Gasteiger partial charge >= 0.3 is 0 Å². The highest BCUT2D eigenvalue weighted by Crippen LogP contribution is 2.16. The molecule has 0 heterocycles. The first-order valence-electron chi connectivity index (χ1n) is 5.78.